The van der Waals surface area contributed by atoms with Gasteiger partial charge in [0.1, 0.15) is 0 Å². The second kappa shape index (κ2) is 10.0. The van der Waals surface area contributed by atoms with Crippen LogP contribution in [-0.2, 0) is 5.41 Å². The lowest BCUT2D eigenvalue weighted by atomic mass is 9.81. The third kappa shape index (κ3) is 4.00. The summed E-state index contributed by atoms with van der Waals surface area (Å²) in [4.78, 5) is 0. The Morgan fingerprint density at radius 1 is 0.370 bits per heavy atom. The summed E-state index contributed by atoms with van der Waals surface area (Å²) in [6.07, 6.45) is 0. The van der Waals surface area contributed by atoms with Crippen molar-refractivity contribution in [2.24, 2.45) is 0 Å². The molecule has 0 heterocycles. The van der Waals surface area contributed by atoms with Crippen molar-refractivity contribution in [3.05, 3.63) is 168 Å². The number of fused-ring (bicyclic) bond motifs is 6. The van der Waals surface area contributed by atoms with Gasteiger partial charge in [0, 0.05) is 5.41 Å². The minimum Gasteiger partial charge on any atom is -0.0619 e. The molecule has 0 saturated heterocycles. The Labute approximate surface area is 270 Å². The van der Waals surface area contributed by atoms with Gasteiger partial charge in [-0.15, -0.1) is 0 Å². The van der Waals surface area contributed by atoms with Crippen LogP contribution >= 0.6 is 0 Å². The summed E-state index contributed by atoms with van der Waals surface area (Å²) in [5.74, 6) is 0. The molecule has 0 saturated carbocycles. The van der Waals surface area contributed by atoms with Crippen molar-refractivity contribution in [2.45, 2.75) is 26.2 Å². The van der Waals surface area contributed by atoms with E-state index in [1.54, 1.807) is 0 Å². The topological polar surface area (TPSA) is 0 Å². The fraction of sp³-hybridized carbons (Fsp3) is 0.0870. The van der Waals surface area contributed by atoms with E-state index in [2.05, 4.69) is 172 Å². The van der Waals surface area contributed by atoms with Crippen LogP contribution in [0.15, 0.2) is 152 Å². The maximum Gasteiger partial charge on any atom is 0.0158 e. The molecular formula is C46H34. The van der Waals surface area contributed by atoms with Gasteiger partial charge in [-0.25, -0.2) is 0 Å². The molecule has 0 radical (unpaired) electrons. The fourth-order valence-corrected chi connectivity index (χ4v) is 7.94. The van der Waals surface area contributed by atoms with Crippen molar-refractivity contribution in [3.63, 3.8) is 0 Å². The number of hydrogen-bond acceptors (Lipinski definition) is 0. The number of hydrogen-bond donors (Lipinski definition) is 0. The van der Waals surface area contributed by atoms with Crippen LogP contribution in [0, 0.1) is 6.92 Å². The van der Waals surface area contributed by atoms with Gasteiger partial charge in [-0.2, -0.15) is 0 Å². The zero-order valence-electron chi connectivity index (χ0n) is 26.4. The molecule has 1 aliphatic rings. The van der Waals surface area contributed by atoms with Gasteiger partial charge in [0.2, 0.25) is 0 Å². The van der Waals surface area contributed by atoms with E-state index in [1.165, 1.54) is 93.5 Å². The van der Waals surface area contributed by atoms with E-state index in [9.17, 15) is 0 Å². The van der Waals surface area contributed by atoms with Crippen LogP contribution in [0.4, 0.5) is 0 Å². The maximum atomic E-state index is 2.46. The lowest BCUT2D eigenvalue weighted by Gasteiger charge is -2.22. The molecule has 0 bridgehead atoms. The molecule has 46 heavy (non-hydrogen) atoms. The first-order valence-corrected chi connectivity index (χ1v) is 16.3. The molecule has 0 aliphatic heterocycles. The minimum atomic E-state index is -0.0207. The molecule has 0 nitrogen and oxygen atoms in total. The predicted octanol–water partition coefficient (Wildman–Crippen LogP) is 12.8. The summed E-state index contributed by atoms with van der Waals surface area (Å²) >= 11 is 0. The average Bonchev–Trinajstić information content (AvgIpc) is 3.33. The van der Waals surface area contributed by atoms with Gasteiger partial charge in [-0.1, -0.05) is 153 Å². The zero-order valence-corrected chi connectivity index (χ0v) is 26.4. The lowest BCUT2D eigenvalue weighted by molar-refractivity contribution is 0.660. The molecule has 0 atom stereocenters. The van der Waals surface area contributed by atoms with Gasteiger partial charge in [0.05, 0.1) is 0 Å². The van der Waals surface area contributed by atoms with Crippen molar-refractivity contribution >= 4 is 32.3 Å². The van der Waals surface area contributed by atoms with E-state index >= 15 is 0 Å². The van der Waals surface area contributed by atoms with Crippen LogP contribution < -0.4 is 0 Å². The summed E-state index contributed by atoms with van der Waals surface area (Å²) in [5, 5.41) is 7.66. The predicted molar refractivity (Wildman–Crippen MR) is 198 cm³/mol. The minimum absolute atomic E-state index is 0.0207. The number of aryl methyl sites for hydroxylation is 1. The van der Waals surface area contributed by atoms with Gasteiger partial charge in [0.25, 0.3) is 0 Å². The first-order chi connectivity index (χ1) is 22.5. The average molecular weight is 587 g/mol. The molecular weight excluding hydrogens is 553 g/mol. The highest BCUT2D eigenvalue weighted by atomic mass is 14.4. The maximum absolute atomic E-state index is 2.46. The molecule has 0 amide bonds. The van der Waals surface area contributed by atoms with E-state index in [4.69, 9.17) is 0 Å². The highest BCUT2D eigenvalue weighted by molar-refractivity contribution is 6.22. The van der Waals surface area contributed by atoms with Crippen molar-refractivity contribution in [1.29, 1.82) is 0 Å². The van der Waals surface area contributed by atoms with Crippen molar-refractivity contribution in [2.75, 3.05) is 0 Å². The fourth-order valence-electron chi connectivity index (χ4n) is 7.94. The Bertz CT molecular complexity index is 2490. The molecule has 0 N–H and O–H groups in total. The smallest absolute Gasteiger partial charge is 0.0158 e. The largest absolute Gasteiger partial charge is 0.0619 e. The summed E-state index contributed by atoms with van der Waals surface area (Å²) in [6.45, 7) is 6.87. The van der Waals surface area contributed by atoms with E-state index in [0.29, 0.717) is 0 Å². The summed E-state index contributed by atoms with van der Waals surface area (Å²) in [7, 11) is 0. The van der Waals surface area contributed by atoms with E-state index in [1.807, 2.05) is 0 Å². The highest BCUT2D eigenvalue weighted by Gasteiger charge is 2.35. The Morgan fingerprint density at radius 2 is 0.935 bits per heavy atom. The Kier molecular flexibility index (Phi) is 5.86. The van der Waals surface area contributed by atoms with Crippen molar-refractivity contribution in [3.8, 4) is 44.5 Å². The first kappa shape index (κ1) is 26.9. The quantitative estimate of drug-likeness (QED) is 0.181. The molecule has 9 rings (SSSR count). The summed E-state index contributed by atoms with van der Waals surface area (Å²) in [6, 6.07) is 56.7. The first-order valence-electron chi connectivity index (χ1n) is 16.3. The van der Waals surface area contributed by atoms with Gasteiger partial charge in [-0.05, 0) is 113 Å². The van der Waals surface area contributed by atoms with Crippen LogP contribution in [0.2, 0.25) is 0 Å². The van der Waals surface area contributed by atoms with Crippen LogP contribution in [0.3, 0.4) is 0 Å². The lowest BCUT2D eigenvalue weighted by Crippen LogP contribution is -2.14. The molecule has 0 unspecified atom stereocenters. The normalized spacial score (nSPS) is 13.3. The van der Waals surface area contributed by atoms with Crippen LogP contribution in [0.5, 0.6) is 0 Å². The zero-order chi connectivity index (χ0) is 31.0. The Balaban J connectivity index is 1.37. The molecule has 8 aromatic carbocycles. The standard InChI is InChI=1S/C46H34/c1-29-16-18-31(19-17-29)44-37-13-6-7-14-38(37)45(35-23-25-43-40(28-35)36-12-8-9-15-42(36)46(43,2)3)41-27-34(22-24-39(41)44)33-21-20-30-10-4-5-11-32(30)26-33/h4-28H,1-3H3. The summed E-state index contributed by atoms with van der Waals surface area (Å²) < 4.78 is 0. The molecule has 8 aromatic rings. The van der Waals surface area contributed by atoms with Gasteiger partial charge in [-0.3, -0.25) is 0 Å². The SMILES string of the molecule is Cc1ccc(-c2c3ccccc3c(-c3ccc4c(c3)-c3ccccc3C4(C)C)c3cc(-c4ccc5ccccc5c4)ccc23)cc1. The van der Waals surface area contributed by atoms with E-state index in [0.717, 1.165) is 0 Å². The van der Waals surface area contributed by atoms with Gasteiger partial charge < -0.3 is 0 Å². The summed E-state index contributed by atoms with van der Waals surface area (Å²) in [5.41, 5.74) is 14.3. The third-order valence-corrected chi connectivity index (χ3v) is 10.3. The Hall–Kier alpha value is -5.46. The Morgan fingerprint density at radius 3 is 1.74 bits per heavy atom. The van der Waals surface area contributed by atoms with Crippen LogP contribution in [0.25, 0.3) is 76.8 Å². The molecule has 1 aliphatic carbocycles. The molecule has 0 spiro atoms. The van der Waals surface area contributed by atoms with Crippen LogP contribution in [-0.4, -0.2) is 0 Å². The second-order valence-electron chi connectivity index (χ2n) is 13.4. The third-order valence-electron chi connectivity index (χ3n) is 10.3. The highest BCUT2D eigenvalue weighted by Crippen LogP contribution is 2.51. The number of rotatable bonds is 3. The van der Waals surface area contributed by atoms with Crippen molar-refractivity contribution in [1.82, 2.24) is 0 Å². The molecule has 218 valence electrons. The van der Waals surface area contributed by atoms with E-state index in [-0.39, 0.29) is 5.41 Å². The van der Waals surface area contributed by atoms with Gasteiger partial charge in [0.15, 0.2) is 0 Å². The number of benzene rings is 8. The van der Waals surface area contributed by atoms with E-state index < -0.39 is 0 Å². The molecule has 0 aromatic heterocycles. The molecule has 0 fully saturated rings. The van der Waals surface area contributed by atoms with Crippen molar-refractivity contribution < 1.29 is 0 Å². The van der Waals surface area contributed by atoms with Gasteiger partial charge >= 0.3 is 0 Å². The second-order valence-corrected chi connectivity index (χ2v) is 13.4. The monoisotopic (exact) mass is 586 g/mol. The molecule has 0 heteroatoms. The van der Waals surface area contributed by atoms with Crippen LogP contribution in [0.1, 0.15) is 30.5 Å².